The summed E-state index contributed by atoms with van der Waals surface area (Å²) >= 11 is 0. The van der Waals surface area contributed by atoms with Gasteiger partial charge < -0.3 is 16.0 Å². The first-order chi connectivity index (χ1) is 11.0. The van der Waals surface area contributed by atoms with Crippen molar-refractivity contribution in [1.82, 2.24) is 10.2 Å². The number of nitrogens with one attached hydrogen (secondary N) is 1. The zero-order chi connectivity index (χ0) is 16.8. The van der Waals surface area contributed by atoms with Crippen LogP contribution in [0.4, 0.5) is 0 Å². The molecule has 134 valence electrons. The predicted octanol–water partition coefficient (Wildman–Crippen LogP) is 1.91. The van der Waals surface area contributed by atoms with Crippen LogP contribution in [0.25, 0.3) is 0 Å². The van der Waals surface area contributed by atoms with Gasteiger partial charge in [0.05, 0.1) is 12.6 Å². The van der Waals surface area contributed by atoms with E-state index in [1.165, 1.54) is 5.56 Å². The third-order valence-corrected chi connectivity index (χ3v) is 4.55. The van der Waals surface area contributed by atoms with Crippen molar-refractivity contribution in [1.29, 1.82) is 0 Å². The minimum atomic E-state index is -0.563. The van der Waals surface area contributed by atoms with Gasteiger partial charge in [0.15, 0.2) is 0 Å². The third kappa shape index (κ3) is 5.49. The van der Waals surface area contributed by atoms with Gasteiger partial charge in [0.1, 0.15) is 0 Å². The van der Waals surface area contributed by atoms with E-state index in [2.05, 4.69) is 29.6 Å². The van der Waals surface area contributed by atoms with Crippen LogP contribution in [-0.2, 0) is 9.59 Å². The maximum Gasteiger partial charge on any atom is 0.241 e. The van der Waals surface area contributed by atoms with Crippen molar-refractivity contribution in [2.75, 3.05) is 19.6 Å². The van der Waals surface area contributed by atoms with Crippen molar-refractivity contribution in [3.63, 3.8) is 0 Å². The molecule has 1 heterocycles. The van der Waals surface area contributed by atoms with Crippen LogP contribution in [0.5, 0.6) is 0 Å². The summed E-state index contributed by atoms with van der Waals surface area (Å²) in [6.07, 6.45) is 1.93. The Labute approximate surface area is 150 Å². The first-order valence-corrected chi connectivity index (χ1v) is 8.35. The molecule has 2 rings (SSSR count). The molecule has 0 aliphatic carbocycles. The van der Waals surface area contributed by atoms with Crippen LogP contribution in [0, 0.1) is 5.92 Å². The van der Waals surface area contributed by atoms with Gasteiger partial charge in [-0.2, -0.15) is 0 Å². The van der Waals surface area contributed by atoms with Crippen LogP contribution in [0.3, 0.4) is 0 Å². The van der Waals surface area contributed by atoms with Crippen molar-refractivity contribution in [3.05, 3.63) is 35.9 Å². The van der Waals surface area contributed by atoms with E-state index in [1.807, 2.05) is 24.8 Å². The maximum atomic E-state index is 12.2. The number of hydrogen-bond acceptors (Lipinski definition) is 3. The number of likely N-dealkylation sites (tertiary alicyclic amines) is 1. The summed E-state index contributed by atoms with van der Waals surface area (Å²) in [7, 11) is 0. The molecule has 24 heavy (non-hydrogen) atoms. The number of hydrogen-bond donors (Lipinski definition) is 2. The highest BCUT2D eigenvalue weighted by Crippen LogP contribution is 2.27. The Morgan fingerprint density at radius 1 is 1.21 bits per heavy atom. The average molecular weight is 354 g/mol. The van der Waals surface area contributed by atoms with E-state index >= 15 is 0 Å². The largest absolute Gasteiger partial charge is 0.346 e. The Bertz CT molecular complexity index is 528. The minimum Gasteiger partial charge on any atom is -0.346 e. The summed E-state index contributed by atoms with van der Waals surface area (Å²) in [5.74, 6) is 0.296. The quantitative estimate of drug-likeness (QED) is 0.849. The molecule has 0 radical (unpaired) electrons. The normalized spacial score (nSPS) is 16.4. The number of rotatable bonds is 5. The lowest BCUT2D eigenvalue weighted by Crippen LogP contribution is -2.49. The first kappa shape index (κ1) is 20.5. The Morgan fingerprint density at radius 2 is 1.79 bits per heavy atom. The zero-order valence-electron chi connectivity index (χ0n) is 14.4. The number of halogens is 1. The number of piperidine rings is 1. The number of benzene rings is 1. The molecule has 0 saturated carbocycles. The van der Waals surface area contributed by atoms with Crippen LogP contribution >= 0.6 is 12.4 Å². The fraction of sp³-hybridized carbons (Fsp3) is 0.556. The average Bonchev–Trinajstić information content (AvgIpc) is 2.59. The first-order valence-electron chi connectivity index (χ1n) is 8.35. The standard InChI is InChI=1S/C18H27N3O2.ClH/c1-13(2)17(19)18(23)20-12-16(22)21-10-8-15(9-11-21)14-6-4-3-5-7-14;/h3-7,13,15,17H,8-12,19H2,1-2H3,(H,20,23);1H/t17-;/m0./s1. The van der Waals surface area contributed by atoms with Crippen molar-refractivity contribution in [3.8, 4) is 0 Å². The molecule has 1 aliphatic rings. The molecule has 0 unspecified atom stereocenters. The summed E-state index contributed by atoms with van der Waals surface area (Å²) in [5, 5.41) is 2.65. The number of nitrogens with zero attached hydrogens (tertiary/aromatic N) is 1. The lowest BCUT2D eigenvalue weighted by Gasteiger charge is -2.32. The van der Waals surface area contributed by atoms with E-state index in [0.717, 1.165) is 25.9 Å². The molecule has 1 aromatic rings. The SMILES string of the molecule is CC(C)[C@H](N)C(=O)NCC(=O)N1CCC(c2ccccc2)CC1.Cl. The summed E-state index contributed by atoms with van der Waals surface area (Å²) in [6, 6.07) is 9.87. The predicted molar refractivity (Wildman–Crippen MR) is 98.1 cm³/mol. The molecule has 0 aromatic heterocycles. The van der Waals surface area contributed by atoms with E-state index < -0.39 is 6.04 Å². The number of carbonyl (C=O) groups is 2. The number of carbonyl (C=O) groups excluding carboxylic acids is 2. The van der Waals surface area contributed by atoms with Gasteiger partial charge in [0.25, 0.3) is 0 Å². The Morgan fingerprint density at radius 3 is 2.33 bits per heavy atom. The summed E-state index contributed by atoms with van der Waals surface area (Å²) in [4.78, 5) is 25.8. The molecule has 1 saturated heterocycles. The van der Waals surface area contributed by atoms with Crippen molar-refractivity contribution < 1.29 is 9.59 Å². The lowest BCUT2D eigenvalue weighted by molar-refractivity contribution is -0.134. The minimum absolute atomic E-state index is 0. The second kappa shape index (κ2) is 9.64. The van der Waals surface area contributed by atoms with Gasteiger partial charge in [-0.05, 0) is 30.2 Å². The Hall–Kier alpha value is -1.59. The molecule has 5 nitrogen and oxygen atoms in total. The Balaban J connectivity index is 0.00000288. The lowest BCUT2D eigenvalue weighted by atomic mass is 9.89. The summed E-state index contributed by atoms with van der Waals surface area (Å²) in [6.45, 7) is 5.30. The van der Waals surface area contributed by atoms with Crippen LogP contribution in [0.15, 0.2) is 30.3 Å². The molecule has 0 spiro atoms. The van der Waals surface area contributed by atoms with Gasteiger partial charge in [-0.15, -0.1) is 12.4 Å². The third-order valence-electron chi connectivity index (χ3n) is 4.55. The van der Waals surface area contributed by atoms with Crippen molar-refractivity contribution >= 4 is 24.2 Å². The van der Waals surface area contributed by atoms with Gasteiger partial charge >= 0.3 is 0 Å². The fourth-order valence-corrected chi connectivity index (χ4v) is 2.88. The van der Waals surface area contributed by atoms with E-state index in [0.29, 0.717) is 5.92 Å². The van der Waals surface area contributed by atoms with E-state index in [1.54, 1.807) is 0 Å². The van der Waals surface area contributed by atoms with Crippen LogP contribution in [0.1, 0.15) is 38.2 Å². The molecule has 0 bridgehead atoms. The molecule has 2 amide bonds. The molecule has 1 aliphatic heterocycles. The van der Waals surface area contributed by atoms with E-state index in [4.69, 9.17) is 5.73 Å². The van der Waals surface area contributed by atoms with Crippen molar-refractivity contribution in [2.45, 2.75) is 38.6 Å². The highest BCUT2D eigenvalue weighted by atomic mass is 35.5. The van der Waals surface area contributed by atoms with Gasteiger partial charge in [0.2, 0.25) is 11.8 Å². The molecule has 1 fully saturated rings. The van der Waals surface area contributed by atoms with Gasteiger partial charge in [-0.25, -0.2) is 0 Å². The van der Waals surface area contributed by atoms with E-state index in [9.17, 15) is 9.59 Å². The number of amides is 2. The number of nitrogens with two attached hydrogens (primary N) is 1. The highest BCUT2D eigenvalue weighted by Gasteiger charge is 2.24. The molecule has 1 aromatic carbocycles. The van der Waals surface area contributed by atoms with Crippen LogP contribution in [-0.4, -0.2) is 42.4 Å². The monoisotopic (exact) mass is 353 g/mol. The smallest absolute Gasteiger partial charge is 0.241 e. The molecule has 6 heteroatoms. The topological polar surface area (TPSA) is 75.4 Å². The molecular weight excluding hydrogens is 326 g/mol. The molecule has 3 N–H and O–H groups in total. The summed E-state index contributed by atoms with van der Waals surface area (Å²) < 4.78 is 0. The Kier molecular flexibility index (Phi) is 8.22. The second-order valence-corrected chi connectivity index (χ2v) is 6.55. The summed E-state index contributed by atoms with van der Waals surface area (Å²) in [5.41, 5.74) is 7.11. The highest BCUT2D eigenvalue weighted by molar-refractivity contribution is 5.87. The van der Waals surface area contributed by atoms with Crippen molar-refractivity contribution in [2.24, 2.45) is 11.7 Å². The van der Waals surface area contributed by atoms with Crippen LogP contribution < -0.4 is 11.1 Å². The van der Waals surface area contributed by atoms with E-state index in [-0.39, 0.29) is 36.7 Å². The molecule has 1 atom stereocenters. The van der Waals surface area contributed by atoms with Gasteiger partial charge in [0, 0.05) is 13.1 Å². The zero-order valence-corrected chi connectivity index (χ0v) is 15.2. The fourth-order valence-electron chi connectivity index (χ4n) is 2.88. The second-order valence-electron chi connectivity index (χ2n) is 6.55. The molecular formula is C18H28ClN3O2. The van der Waals surface area contributed by atoms with Gasteiger partial charge in [-0.3, -0.25) is 9.59 Å². The van der Waals surface area contributed by atoms with Gasteiger partial charge in [-0.1, -0.05) is 44.2 Å². The maximum absolute atomic E-state index is 12.2. The van der Waals surface area contributed by atoms with Crippen LogP contribution in [0.2, 0.25) is 0 Å².